The Morgan fingerprint density at radius 1 is 1.30 bits per heavy atom. The highest BCUT2D eigenvalue weighted by Crippen LogP contribution is 2.19. The highest BCUT2D eigenvalue weighted by atomic mass is 32.2. The number of aliphatic carboxylic acids is 1. The minimum absolute atomic E-state index is 0.0436. The maximum atomic E-state index is 12.1. The van der Waals surface area contributed by atoms with E-state index in [2.05, 4.69) is 0 Å². The number of nitrogens with two attached hydrogens (primary N) is 1. The molecule has 0 aliphatic heterocycles. The van der Waals surface area contributed by atoms with Gasteiger partial charge in [-0.25, -0.2) is 4.21 Å². The third kappa shape index (κ3) is 5.71. The van der Waals surface area contributed by atoms with Crippen LogP contribution < -0.4 is 5.73 Å². The van der Waals surface area contributed by atoms with Crippen molar-refractivity contribution in [1.29, 1.82) is 4.78 Å². The lowest BCUT2D eigenvalue weighted by molar-refractivity contribution is -0.138. The number of hydrogen-bond donors (Lipinski definition) is 3. The van der Waals surface area contributed by atoms with Crippen molar-refractivity contribution < 1.29 is 14.1 Å². The lowest BCUT2D eigenvalue weighted by atomic mass is 9.99. The van der Waals surface area contributed by atoms with Crippen molar-refractivity contribution in [2.75, 3.05) is 11.5 Å². The fraction of sp³-hybridized carbons (Fsp3) is 0.500. The quantitative estimate of drug-likeness (QED) is 0.683. The van der Waals surface area contributed by atoms with Crippen molar-refractivity contribution in [1.82, 2.24) is 0 Å². The van der Waals surface area contributed by atoms with Gasteiger partial charge in [0.15, 0.2) is 0 Å². The molecule has 0 radical (unpaired) electrons. The molecule has 1 rings (SSSR count). The topological polar surface area (TPSA) is 104 Å². The van der Waals surface area contributed by atoms with Crippen LogP contribution in [-0.4, -0.2) is 32.8 Å². The first-order valence-corrected chi connectivity index (χ1v) is 8.49. The second kappa shape index (κ2) is 7.40. The highest BCUT2D eigenvalue weighted by molar-refractivity contribution is 7.92. The van der Waals surface area contributed by atoms with E-state index in [9.17, 15) is 9.00 Å². The first-order valence-electron chi connectivity index (χ1n) is 6.59. The molecule has 0 aromatic heterocycles. The zero-order valence-electron chi connectivity index (χ0n) is 11.6. The summed E-state index contributed by atoms with van der Waals surface area (Å²) in [6, 6.07) is 8.84. The molecule has 112 valence electrons. The van der Waals surface area contributed by atoms with Crippen molar-refractivity contribution in [3.05, 3.63) is 35.9 Å². The summed E-state index contributed by atoms with van der Waals surface area (Å²) in [7, 11) is -2.76. The molecule has 0 saturated heterocycles. The Balaban J connectivity index is 2.45. The van der Waals surface area contributed by atoms with E-state index in [1.807, 2.05) is 37.3 Å². The Labute approximate surface area is 120 Å². The summed E-state index contributed by atoms with van der Waals surface area (Å²) in [5.74, 6) is -0.564. The molecule has 0 unspecified atom stereocenters. The van der Waals surface area contributed by atoms with Gasteiger partial charge in [-0.15, -0.1) is 0 Å². The molecule has 20 heavy (non-hydrogen) atoms. The molecule has 0 amide bonds. The summed E-state index contributed by atoms with van der Waals surface area (Å²) in [5.41, 5.74) is 6.52. The predicted molar refractivity (Wildman–Crippen MR) is 80.3 cm³/mol. The smallest absolute Gasteiger partial charge is 0.320 e. The summed E-state index contributed by atoms with van der Waals surface area (Å²) < 4.78 is 19.9. The molecule has 1 aromatic rings. The maximum Gasteiger partial charge on any atom is 0.320 e. The van der Waals surface area contributed by atoms with Crippen LogP contribution in [-0.2, 0) is 14.5 Å². The van der Waals surface area contributed by atoms with Gasteiger partial charge in [0, 0.05) is 21.2 Å². The SMILES string of the molecule is C[C@H](CC[S@](=N)(=O)CC[C@H](N)C(=O)O)c1ccccc1. The average Bonchev–Trinajstić information content (AvgIpc) is 2.43. The number of benzene rings is 1. The van der Waals surface area contributed by atoms with Crippen molar-refractivity contribution in [3.63, 3.8) is 0 Å². The summed E-state index contributed by atoms with van der Waals surface area (Å²) in [5, 5.41) is 8.67. The molecule has 0 spiro atoms. The van der Waals surface area contributed by atoms with E-state index in [0.29, 0.717) is 6.42 Å². The molecule has 0 bridgehead atoms. The van der Waals surface area contributed by atoms with E-state index in [1.54, 1.807) is 0 Å². The monoisotopic (exact) mass is 298 g/mol. The molecule has 1 aromatic carbocycles. The first-order chi connectivity index (χ1) is 9.32. The normalized spacial score (nSPS) is 17.1. The fourth-order valence-corrected chi connectivity index (χ4v) is 3.43. The molecule has 6 heteroatoms. The van der Waals surface area contributed by atoms with E-state index < -0.39 is 21.7 Å². The van der Waals surface area contributed by atoms with Gasteiger partial charge in [-0.3, -0.25) is 9.57 Å². The van der Waals surface area contributed by atoms with E-state index in [4.69, 9.17) is 15.6 Å². The first kappa shape index (κ1) is 16.7. The van der Waals surface area contributed by atoms with Crippen LogP contribution in [0.5, 0.6) is 0 Å². The van der Waals surface area contributed by atoms with Gasteiger partial charge >= 0.3 is 5.97 Å². The van der Waals surface area contributed by atoms with Crippen molar-refractivity contribution >= 4 is 15.7 Å². The minimum atomic E-state index is -2.76. The predicted octanol–water partition coefficient (Wildman–Crippen LogP) is 2.03. The van der Waals surface area contributed by atoms with Gasteiger partial charge in [0.05, 0.1) is 0 Å². The molecular weight excluding hydrogens is 276 g/mol. The van der Waals surface area contributed by atoms with Gasteiger partial charge in [0.1, 0.15) is 6.04 Å². The Hall–Kier alpha value is -1.40. The number of carbonyl (C=O) groups is 1. The third-order valence-electron chi connectivity index (χ3n) is 3.32. The number of carboxylic acid groups (broad SMARTS) is 1. The van der Waals surface area contributed by atoms with Gasteiger partial charge in [0.25, 0.3) is 0 Å². The van der Waals surface area contributed by atoms with E-state index in [-0.39, 0.29) is 23.8 Å². The summed E-state index contributed by atoms with van der Waals surface area (Å²) in [6.45, 7) is 2.04. The molecule has 3 atom stereocenters. The number of rotatable bonds is 8. The second-order valence-corrected chi connectivity index (χ2v) is 7.49. The Morgan fingerprint density at radius 3 is 2.40 bits per heavy atom. The van der Waals surface area contributed by atoms with Crippen LogP contribution >= 0.6 is 0 Å². The lowest BCUT2D eigenvalue weighted by Crippen LogP contribution is -2.32. The van der Waals surface area contributed by atoms with Crippen LogP contribution in [0.15, 0.2) is 30.3 Å². The van der Waals surface area contributed by atoms with Crippen LogP contribution in [0.2, 0.25) is 0 Å². The van der Waals surface area contributed by atoms with Crippen LogP contribution in [0.1, 0.15) is 31.2 Å². The van der Waals surface area contributed by atoms with Crippen LogP contribution in [0.25, 0.3) is 0 Å². The number of hydrogen-bond acceptors (Lipinski definition) is 4. The maximum absolute atomic E-state index is 12.1. The van der Waals surface area contributed by atoms with Crippen LogP contribution in [0.3, 0.4) is 0 Å². The fourth-order valence-electron chi connectivity index (χ4n) is 1.86. The molecule has 0 fully saturated rings. The van der Waals surface area contributed by atoms with Crippen molar-refractivity contribution in [2.45, 2.75) is 31.7 Å². The molecule has 4 N–H and O–H groups in total. The summed E-state index contributed by atoms with van der Waals surface area (Å²) >= 11 is 0. The minimum Gasteiger partial charge on any atom is -0.480 e. The average molecular weight is 298 g/mol. The van der Waals surface area contributed by atoms with Crippen LogP contribution in [0.4, 0.5) is 0 Å². The zero-order valence-corrected chi connectivity index (χ0v) is 12.4. The van der Waals surface area contributed by atoms with Gasteiger partial charge in [-0.1, -0.05) is 37.3 Å². The Bertz CT molecular complexity index is 529. The van der Waals surface area contributed by atoms with Crippen molar-refractivity contribution in [2.24, 2.45) is 5.73 Å². The lowest BCUT2D eigenvalue weighted by Gasteiger charge is -2.14. The van der Waals surface area contributed by atoms with Gasteiger partial charge in [0.2, 0.25) is 0 Å². The molecule has 5 nitrogen and oxygen atoms in total. The molecule has 0 aliphatic carbocycles. The molecule has 0 saturated carbocycles. The number of nitrogens with one attached hydrogen (secondary N) is 1. The third-order valence-corrected chi connectivity index (χ3v) is 5.12. The van der Waals surface area contributed by atoms with E-state index >= 15 is 0 Å². The van der Waals surface area contributed by atoms with Crippen LogP contribution in [0, 0.1) is 4.78 Å². The molecule has 0 aliphatic rings. The van der Waals surface area contributed by atoms with E-state index in [0.717, 1.165) is 5.56 Å². The standard InChI is InChI=1S/C14H22N2O3S/c1-11(12-5-3-2-4-6-12)7-9-20(16,19)10-8-13(15)14(17)18/h2-6,11,13,16H,7-10,15H2,1H3,(H,17,18)/t11-,13+,20+/m1/s1. The highest BCUT2D eigenvalue weighted by Gasteiger charge is 2.16. The van der Waals surface area contributed by atoms with Crippen molar-refractivity contribution in [3.8, 4) is 0 Å². The summed E-state index contributed by atoms with van der Waals surface area (Å²) in [4.78, 5) is 10.6. The Kier molecular flexibility index (Phi) is 6.16. The molecule has 0 heterocycles. The Morgan fingerprint density at radius 2 is 1.85 bits per heavy atom. The van der Waals surface area contributed by atoms with Gasteiger partial charge in [-0.05, 0) is 24.3 Å². The van der Waals surface area contributed by atoms with Gasteiger partial charge in [-0.2, -0.15) is 0 Å². The zero-order chi connectivity index (χ0) is 15.2. The van der Waals surface area contributed by atoms with Gasteiger partial charge < -0.3 is 10.8 Å². The van der Waals surface area contributed by atoms with E-state index in [1.165, 1.54) is 0 Å². The largest absolute Gasteiger partial charge is 0.480 e. The second-order valence-electron chi connectivity index (χ2n) is 5.05. The summed E-state index contributed by atoms with van der Waals surface area (Å²) in [6.07, 6.45) is 0.728. The number of carboxylic acids is 1. The molecular formula is C14H22N2O3S.